The molecule has 0 bridgehead atoms. The number of thiazole rings is 1. The minimum atomic E-state index is -4.82. The lowest BCUT2D eigenvalue weighted by Crippen LogP contribution is -2.51. The molecule has 0 aromatic carbocycles. The fourth-order valence-corrected chi connectivity index (χ4v) is 3.70. The molecule has 0 spiro atoms. The van der Waals surface area contributed by atoms with Crippen molar-refractivity contribution >= 4 is 29.1 Å². The standard InChI is InChI=1S/C18H19F6N5O3S/c1-8(17(19,20)21)4-11(28-15(32)12-7-33-16(29-12)18(22,23)24)14(31)27-10(6-25)5-9-2-3-26-13(9)30/h7-11H,2-5H2,1H3,(H,26,30)(H,27,31)(H,28,32)/t8?,9-,10-,11-/m0/s1. The number of rotatable bonds is 8. The molecule has 8 nitrogen and oxygen atoms in total. The van der Waals surface area contributed by atoms with Gasteiger partial charge in [-0.1, -0.05) is 6.92 Å². The Kier molecular flexibility index (Phi) is 8.28. The molecule has 33 heavy (non-hydrogen) atoms. The van der Waals surface area contributed by atoms with Crippen molar-refractivity contribution in [2.45, 2.75) is 50.6 Å². The van der Waals surface area contributed by atoms with Crippen molar-refractivity contribution in [3.8, 4) is 6.07 Å². The highest BCUT2D eigenvalue weighted by molar-refractivity contribution is 7.09. The number of halogens is 6. The number of alkyl halides is 6. The summed E-state index contributed by atoms with van der Waals surface area (Å²) >= 11 is 0.112. The maximum Gasteiger partial charge on any atom is 0.443 e. The van der Waals surface area contributed by atoms with Gasteiger partial charge in [-0.05, 0) is 19.3 Å². The molecule has 3 amide bonds. The predicted molar refractivity (Wildman–Crippen MR) is 101 cm³/mol. The average molecular weight is 499 g/mol. The second-order valence-corrected chi connectivity index (χ2v) is 8.30. The summed E-state index contributed by atoms with van der Waals surface area (Å²) in [5.74, 6) is -5.39. The van der Waals surface area contributed by atoms with Crippen molar-refractivity contribution in [1.29, 1.82) is 5.26 Å². The number of amides is 3. The normalized spacial score (nSPS) is 19.2. The Morgan fingerprint density at radius 3 is 2.45 bits per heavy atom. The van der Waals surface area contributed by atoms with Crippen molar-refractivity contribution < 1.29 is 40.7 Å². The lowest BCUT2D eigenvalue weighted by molar-refractivity contribution is -0.173. The molecule has 1 aromatic rings. The van der Waals surface area contributed by atoms with Gasteiger partial charge in [0, 0.05) is 17.8 Å². The first-order valence-corrected chi connectivity index (χ1v) is 10.5. The molecule has 1 aliphatic heterocycles. The van der Waals surface area contributed by atoms with Crippen LogP contribution < -0.4 is 16.0 Å². The van der Waals surface area contributed by atoms with Crippen LogP contribution in [0.25, 0.3) is 0 Å². The van der Waals surface area contributed by atoms with Gasteiger partial charge in [0.05, 0.1) is 12.0 Å². The zero-order chi connectivity index (χ0) is 25.0. The van der Waals surface area contributed by atoms with Crippen LogP contribution in [0.4, 0.5) is 26.3 Å². The summed E-state index contributed by atoms with van der Waals surface area (Å²) in [6.45, 7) is 1.15. The van der Waals surface area contributed by atoms with Crippen molar-refractivity contribution in [2.75, 3.05) is 6.54 Å². The van der Waals surface area contributed by atoms with Crippen LogP contribution in [-0.2, 0) is 15.8 Å². The molecule has 2 rings (SSSR count). The van der Waals surface area contributed by atoms with E-state index < -0.39 is 65.2 Å². The van der Waals surface area contributed by atoms with Crippen LogP contribution >= 0.6 is 11.3 Å². The number of aromatic nitrogens is 1. The highest BCUT2D eigenvalue weighted by Gasteiger charge is 2.40. The third-order valence-corrected chi connectivity index (χ3v) is 5.79. The number of nitrogens with one attached hydrogen (secondary N) is 3. The van der Waals surface area contributed by atoms with E-state index >= 15 is 0 Å². The van der Waals surface area contributed by atoms with Gasteiger partial charge in [0.1, 0.15) is 17.8 Å². The SMILES string of the molecule is CC(C[C@H](NC(=O)c1csc(C(F)(F)F)n1)C(=O)N[C@H](C#N)C[C@@H]1CCNC1=O)C(F)(F)F. The fourth-order valence-electron chi connectivity index (χ4n) is 3.03. The topological polar surface area (TPSA) is 124 Å². The van der Waals surface area contributed by atoms with E-state index in [1.54, 1.807) is 6.07 Å². The molecule has 0 saturated carbocycles. The van der Waals surface area contributed by atoms with E-state index in [9.17, 15) is 46.0 Å². The lowest BCUT2D eigenvalue weighted by Gasteiger charge is -2.24. The molecule has 1 saturated heterocycles. The molecule has 4 atom stereocenters. The van der Waals surface area contributed by atoms with E-state index in [2.05, 4.69) is 15.6 Å². The minimum absolute atomic E-state index is 0.0927. The van der Waals surface area contributed by atoms with E-state index in [0.717, 1.165) is 12.3 Å². The van der Waals surface area contributed by atoms with E-state index in [-0.39, 0.29) is 23.7 Å². The highest BCUT2D eigenvalue weighted by atomic mass is 32.1. The van der Waals surface area contributed by atoms with E-state index in [1.807, 2.05) is 5.32 Å². The molecule has 3 N–H and O–H groups in total. The lowest BCUT2D eigenvalue weighted by atomic mass is 9.97. The number of carbonyl (C=O) groups is 3. The molecule has 1 aliphatic rings. The van der Waals surface area contributed by atoms with E-state index in [0.29, 0.717) is 13.0 Å². The van der Waals surface area contributed by atoms with Crippen LogP contribution in [0.1, 0.15) is 41.7 Å². The number of hydrogen-bond donors (Lipinski definition) is 3. The predicted octanol–water partition coefficient (Wildman–Crippen LogP) is 2.38. The average Bonchev–Trinajstić information content (AvgIpc) is 3.35. The Morgan fingerprint density at radius 1 is 1.30 bits per heavy atom. The fraction of sp³-hybridized carbons (Fsp3) is 0.611. The van der Waals surface area contributed by atoms with Gasteiger partial charge in [-0.15, -0.1) is 11.3 Å². The molecular weight excluding hydrogens is 480 g/mol. The summed E-state index contributed by atoms with van der Waals surface area (Å²) in [7, 11) is 0. The maximum absolute atomic E-state index is 13.0. The number of nitrogens with zero attached hydrogens (tertiary/aromatic N) is 2. The summed E-state index contributed by atoms with van der Waals surface area (Å²) in [5.41, 5.74) is -0.718. The molecule has 182 valence electrons. The largest absolute Gasteiger partial charge is 0.443 e. The maximum atomic E-state index is 13.0. The second kappa shape index (κ2) is 10.4. The van der Waals surface area contributed by atoms with Crippen molar-refractivity contribution in [3.63, 3.8) is 0 Å². The summed E-state index contributed by atoms with van der Waals surface area (Å²) in [6, 6.07) is -1.31. The van der Waals surface area contributed by atoms with Gasteiger partial charge < -0.3 is 16.0 Å². The van der Waals surface area contributed by atoms with Gasteiger partial charge in [0.15, 0.2) is 5.01 Å². The molecule has 2 heterocycles. The third kappa shape index (κ3) is 7.31. The van der Waals surface area contributed by atoms with Crippen molar-refractivity contribution in [2.24, 2.45) is 11.8 Å². The summed E-state index contributed by atoms with van der Waals surface area (Å²) in [6.07, 6.45) is -10.2. The smallest absolute Gasteiger partial charge is 0.356 e. The Morgan fingerprint density at radius 2 is 1.97 bits per heavy atom. The molecule has 1 fully saturated rings. The first-order valence-electron chi connectivity index (χ1n) is 9.60. The quantitative estimate of drug-likeness (QED) is 0.474. The van der Waals surface area contributed by atoms with E-state index in [4.69, 9.17) is 0 Å². The first kappa shape index (κ1) is 26.4. The van der Waals surface area contributed by atoms with Gasteiger partial charge in [-0.2, -0.15) is 31.6 Å². The molecular formula is C18H19F6N5O3S. The van der Waals surface area contributed by atoms with Crippen LogP contribution in [0.2, 0.25) is 0 Å². The Hall–Kier alpha value is -2.89. The van der Waals surface area contributed by atoms with Crippen LogP contribution in [0.15, 0.2) is 5.38 Å². The molecule has 1 unspecified atom stereocenters. The zero-order valence-corrected chi connectivity index (χ0v) is 17.8. The van der Waals surface area contributed by atoms with Gasteiger partial charge >= 0.3 is 12.4 Å². The highest BCUT2D eigenvalue weighted by Crippen LogP contribution is 2.32. The minimum Gasteiger partial charge on any atom is -0.356 e. The number of nitriles is 1. The first-order chi connectivity index (χ1) is 15.2. The molecule has 15 heteroatoms. The monoisotopic (exact) mass is 499 g/mol. The summed E-state index contributed by atoms with van der Waals surface area (Å²) in [4.78, 5) is 39.7. The van der Waals surface area contributed by atoms with Gasteiger partial charge in [-0.3, -0.25) is 14.4 Å². The molecule has 1 aromatic heterocycles. The Balaban J connectivity index is 2.15. The van der Waals surface area contributed by atoms with Crippen LogP contribution in [0.3, 0.4) is 0 Å². The van der Waals surface area contributed by atoms with Crippen LogP contribution in [0.5, 0.6) is 0 Å². The van der Waals surface area contributed by atoms with Gasteiger partial charge in [-0.25, -0.2) is 4.98 Å². The third-order valence-electron chi connectivity index (χ3n) is 4.90. The van der Waals surface area contributed by atoms with E-state index in [1.165, 1.54) is 0 Å². The van der Waals surface area contributed by atoms with Crippen molar-refractivity contribution in [3.05, 3.63) is 16.1 Å². The summed E-state index contributed by atoms with van der Waals surface area (Å²) in [5, 5.41) is 15.4. The summed E-state index contributed by atoms with van der Waals surface area (Å²) < 4.78 is 77.2. The number of carbonyl (C=O) groups excluding carboxylic acids is 3. The molecule has 0 aliphatic carbocycles. The number of hydrogen-bond acceptors (Lipinski definition) is 6. The second-order valence-electron chi connectivity index (χ2n) is 7.44. The zero-order valence-electron chi connectivity index (χ0n) is 17.0. The Labute approximate surface area is 187 Å². The van der Waals surface area contributed by atoms with Gasteiger partial charge in [0.25, 0.3) is 5.91 Å². The Bertz CT molecular complexity index is 926. The van der Waals surface area contributed by atoms with Crippen LogP contribution in [0, 0.1) is 23.2 Å². The van der Waals surface area contributed by atoms with Gasteiger partial charge in [0.2, 0.25) is 11.8 Å². The molecule has 0 radical (unpaired) electrons. The van der Waals surface area contributed by atoms with Crippen LogP contribution in [-0.4, -0.2) is 47.5 Å². The van der Waals surface area contributed by atoms with Crippen molar-refractivity contribution in [1.82, 2.24) is 20.9 Å².